The lowest BCUT2D eigenvalue weighted by molar-refractivity contribution is -0.251. The topological polar surface area (TPSA) is 172 Å². The smallest absolute Gasteiger partial charge is 0.303 e. The molecule has 3 aromatic rings. The standard InChI is InChI=1S/C41H48O14S2/c1-25(43)47-24-33-35(51-26(2)44)37(52-27(3)45)39(53-28(4)46)41(55-33)57-56-40-38(50-23-31-18-12-7-13-19-31)36(49-22-30-16-10-6-11-17-30)34(32(20-42)54-40)48-21-29-14-8-5-9-15-29/h5-19,32-42H,20-24H2,1-4H3/t32-,33-,34+,35+,36+,37+,38-,39-,40-,41+/m1/s1. The molecule has 1 N–H and O–H groups in total. The van der Waals surface area contributed by atoms with Crippen LogP contribution in [0.1, 0.15) is 44.4 Å². The van der Waals surface area contributed by atoms with E-state index in [0.717, 1.165) is 52.1 Å². The lowest BCUT2D eigenvalue weighted by Gasteiger charge is -2.46. The summed E-state index contributed by atoms with van der Waals surface area (Å²) < 4.78 is 54.8. The molecule has 14 nitrogen and oxygen atoms in total. The Kier molecular flexibility index (Phi) is 17.2. The van der Waals surface area contributed by atoms with Gasteiger partial charge in [-0.15, -0.1) is 0 Å². The fourth-order valence-electron chi connectivity index (χ4n) is 6.35. The van der Waals surface area contributed by atoms with Crippen molar-refractivity contribution in [1.29, 1.82) is 0 Å². The highest BCUT2D eigenvalue weighted by atomic mass is 33.1. The normalized spacial score (nSPS) is 27.2. The van der Waals surface area contributed by atoms with Crippen LogP contribution in [0.3, 0.4) is 0 Å². The third-order valence-electron chi connectivity index (χ3n) is 8.82. The molecule has 10 atom stereocenters. The van der Waals surface area contributed by atoms with Gasteiger partial charge in [0.2, 0.25) is 0 Å². The van der Waals surface area contributed by atoms with Gasteiger partial charge >= 0.3 is 23.9 Å². The van der Waals surface area contributed by atoms with Crippen molar-refractivity contribution in [3.05, 3.63) is 108 Å². The van der Waals surface area contributed by atoms with E-state index in [-0.39, 0.29) is 26.4 Å². The lowest BCUT2D eigenvalue weighted by atomic mass is 9.99. The third-order valence-corrected chi connectivity index (χ3v) is 11.5. The highest BCUT2D eigenvalue weighted by Gasteiger charge is 2.54. The van der Waals surface area contributed by atoms with Crippen LogP contribution >= 0.6 is 21.6 Å². The van der Waals surface area contributed by atoms with E-state index >= 15 is 0 Å². The Morgan fingerprint density at radius 2 is 0.912 bits per heavy atom. The molecule has 2 aliphatic heterocycles. The van der Waals surface area contributed by atoms with Crippen LogP contribution in [0.2, 0.25) is 0 Å². The molecule has 0 spiro atoms. The molecule has 0 aliphatic carbocycles. The van der Waals surface area contributed by atoms with Gasteiger partial charge in [-0.3, -0.25) is 19.2 Å². The number of aliphatic hydroxyl groups is 1. The summed E-state index contributed by atoms with van der Waals surface area (Å²) in [4.78, 5) is 49.0. The zero-order valence-corrected chi connectivity index (χ0v) is 33.7. The fraction of sp³-hybridized carbons (Fsp3) is 0.463. The van der Waals surface area contributed by atoms with Crippen LogP contribution in [-0.2, 0) is 81.6 Å². The van der Waals surface area contributed by atoms with Gasteiger partial charge in [-0.25, -0.2) is 0 Å². The van der Waals surface area contributed by atoms with Crippen LogP contribution in [0.15, 0.2) is 91.0 Å². The van der Waals surface area contributed by atoms with Crippen LogP contribution in [0.4, 0.5) is 0 Å². The minimum Gasteiger partial charge on any atom is -0.463 e. The summed E-state index contributed by atoms with van der Waals surface area (Å²) in [5.74, 6) is -2.82. The first kappa shape index (κ1) is 44.1. The van der Waals surface area contributed by atoms with E-state index in [1.54, 1.807) is 0 Å². The lowest BCUT2D eigenvalue weighted by Crippen LogP contribution is -2.62. The summed E-state index contributed by atoms with van der Waals surface area (Å²) >= 11 is 0. The van der Waals surface area contributed by atoms with E-state index in [1.807, 2.05) is 91.0 Å². The molecule has 0 aromatic heterocycles. The highest BCUT2D eigenvalue weighted by molar-refractivity contribution is 8.77. The Bertz CT molecular complexity index is 1720. The maximum atomic E-state index is 12.5. The van der Waals surface area contributed by atoms with E-state index < -0.39 is 90.2 Å². The van der Waals surface area contributed by atoms with Crippen molar-refractivity contribution in [2.24, 2.45) is 0 Å². The monoisotopic (exact) mass is 828 g/mol. The van der Waals surface area contributed by atoms with Gasteiger partial charge < -0.3 is 47.7 Å². The molecule has 2 fully saturated rings. The summed E-state index contributed by atoms with van der Waals surface area (Å²) in [6.07, 6.45) is -8.34. The van der Waals surface area contributed by atoms with Gasteiger partial charge in [0.05, 0.1) is 26.4 Å². The van der Waals surface area contributed by atoms with Crippen LogP contribution in [0.25, 0.3) is 0 Å². The Hall–Kier alpha value is -4.00. The van der Waals surface area contributed by atoms with E-state index in [1.165, 1.54) is 13.8 Å². The first-order chi connectivity index (χ1) is 27.5. The van der Waals surface area contributed by atoms with Crippen molar-refractivity contribution >= 4 is 45.5 Å². The highest BCUT2D eigenvalue weighted by Crippen LogP contribution is 2.45. The van der Waals surface area contributed by atoms with Crippen LogP contribution < -0.4 is 0 Å². The predicted octanol–water partition coefficient (Wildman–Crippen LogP) is 4.92. The van der Waals surface area contributed by atoms with Crippen molar-refractivity contribution in [3.8, 4) is 0 Å². The average molecular weight is 829 g/mol. The molecule has 5 rings (SSSR count). The van der Waals surface area contributed by atoms with Crippen molar-refractivity contribution in [2.45, 2.75) is 107 Å². The van der Waals surface area contributed by atoms with Crippen molar-refractivity contribution < 1.29 is 66.9 Å². The minimum absolute atomic E-state index is 0.177. The van der Waals surface area contributed by atoms with Crippen molar-refractivity contribution in [2.75, 3.05) is 13.2 Å². The molecule has 2 saturated heterocycles. The Labute approximate surface area is 339 Å². The SMILES string of the molecule is CC(=O)OC[C@H]1O[C@@H](SS[C@H]2O[C@H](CO)[C@H](OCc3ccccc3)[C@H](OCc3ccccc3)[C@H]2OCc2ccccc2)[C@H](OC(C)=O)[C@@H](OC(C)=O)[C@H]1OC(C)=O. The zero-order valence-electron chi connectivity index (χ0n) is 32.0. The number of rotatable bonds is 18. The zero-order chi connectivity index (χ0) is 40.7. The average Bonchev–Trinajstić information content (AvgIpc) is 3.19. The molecule has 0 radical (unpaired) electrons. The largest absolute Gasteiger partial charge is 0.463 e. The van der Waals surface area contributed by atoms with Gasteiger partial charge in [0.1, 0.15) is 42.6 Å². The van der Waals surface area contributed by atoms with Gasteiger partial charge in [-0.1, -0.05) is 113 Å². The summed E-state index contributed by atoms with van der Waals surface area (Å²) in [5, 5.41) is 10.8. The Morgan fingerprint density at radius 1 is 0.509 bits per heavy atom. The summed E-state index contributed by atoms with van der Waals surface area (Å²) in [5.41, 5.74) is 0.747. The van der Waals surface area contributed by atoms with Crippen LogP contribution in [0, 0.1) is 0 Å². The molecule has 308 valence electrons. The molecular formula is C41H48O14S2. The van der Waals surface area contributed by atoms with Gasteiger partial charge in [-0.05, 0) is 16.7 Å². The predicted molar refractivity (Wildman–Crippen MR) is 208 cm³/mol. The second kappa shape index (κ2) is 22.2. The van der Waals surface area contributed by atoms with Gasteiger partial charge in [0.25, 0.3) is 0 Å². The second-order valence-electron chi connectivity index (χ2n) is 13.3. The van der Waals surface area contributed by atoms with Crippen LogP contribution in [-0.4, -0.2) is 102 Å². The van der Waals surface area contributed by atoms with E-state index in [4.69, 9.17) is 42.6 Å². The summed E-state index contributed by atoms with van der Waals surface area (Å²) in [6, 6.07) is 28.8. The molecule has 57 heavy (non-hydrogen) atoms. The number of carbonyl (C=O) groups is 4. The fourth-order valence-corrected chi connectivity index (χ4v) is 9.19. The molecule has 3 aromatic carbocycles. The number of carbonyl (C=O) groups excluding carboxylic acids is 4. The van der Waals surface area contributed by atoms with E-state index in [9.17, 15) is 24.3 Å². The van der Waals surface area contributed by atoms with Crippen molar-refractivity contribution in [1.82, 2.24) is 0 Å². The molecule has 0 unspecified atom stereocenters. The molecule has 2 heterocycles. The van der Waals surface area contributed by atoms with Gasteiger partial charge in [-0.2, -0.15) is 0 Å². The number of hydrogen-bond acceptors (Lipinski definition) is 16. The number of ether oxygens (including phenoxy) is 9. The van der Waals surface area contributed by atoms with Crippen LogP contribution in [0.5, 0.6) is 0 Å². The number of hydrogen-bond donors (Lipinski definition) is 1. The number of esters is 4. The number of aliphatic hydroxyl groups excluding tert-OH is 1. The van der Waals surface area contributed by atoms with E-state index in [0.29, 0.717) is 0 Å². The summed E-state index contributed by atoms with van der Waals surface area (Å²) in [6.45, 7) is 4.50. The number of benzene rings is 3. The maximum Gasteiger partial charge on any atom is 0.303 e. The van der Waals surface area contributed by atoms with E-state index in [2.05, 4.69) is 0 Å². The molecular weight excluding hydrogens is 781 g/mol. The first-order valence-corrected chi connectivity index (χ1v) is 20.7. The minimum atomic E-state index is -1.34. The van der Waals surface area contributed by atoms with Gasteiger partial charge in [0, 0.05) is 27.7 Å². The first-order valence-electron chi connectivity index (χ1n) is 18.4. The quantitative estimate of drug-likeness (QED) is 0.104. The molecule has 0 saturated carbocycles. The molecule has 16 heteroatoms. The van der Waals surface area contributed by atoms with Gasteiger partial charge in [0.15, 0.2) is 23.7 Å². The molecule has 0 amide bonds. The van der Waals surface area contributed by atoms with Crippen molar-refractivity contribution in [3.63, 3.8) is 0 Å². The second-order valence-corrected chi connectivity index (χ2v) is 15.7. The summed E-state index contributed by atoms with van der Waals surface area (Å²) in [7, 11) is 2.22. The third kappa shape index (κ3) is 13.3. The Morgan fingerprint density at radius 3 is 1.37 bits per heavy atom. The Balaban J connectivity index is 1.48. The molecule has 0 bridgehead atoms. The molecule has 2 aliphatic rings. The maximum absolute atomic E-state index is 12.5.